The Labute approximate surface area is 267 Å². The molecule has 0 aliphatic heterocycles. The molecule has 0 aliphatic carbocycles. The molecule has 4 heteroatoms. The molecular weight excluding hydrogens is 703 g/mol. The first kappa shape index (κ1) is 29.8. The fourth-order valence-corrected chi connectivity index (χ4v) is 5.07. The van der Waals surface area contributed by atoms with Crippen LogP contribution in [0.3, 0.4) is 0 Å². The molecule has 4 aromatic carbocycles. The van der Waals surface area contributed by atoms with Gasteiger partial charge in [0.25, 0.3) is 0 Å². The van der Waals surface area contributed by atoms with Crippen LogP contribution in [0.15, 0.2) is 134 Å². The van der Waals surface area contributed by atoms with Crippen LogP contribution in [-0.4, -0.2) is 14.5 Å². The fourth-order valence-electron chi connectivity index (χ4n) is 5.07. The van der Waals surface area contributed by atoms with E-state index in [4.69, 9.17) is 0 Å². The minimum atomic E-state index is 0. The maximum absolute atomic E-state index is 4.51. The Morgan fingerprint density at radius 1 is 0.581 bits per heavy atom. The van der Waals surface area contributed by atoms with Crippen molar-refractivity contribution in [2.75, 3.05) is 0 Å². The Bertz CT molecular complexity index is 1940. The minimum Gasteiger partial charge on any atom is -0.344 e. The Balaban J connectivity index is 0.000000221. The van der Waals surface area contributed by atoms with E-state index in [1.54, 1.807) is 0 Å². The summed E-state index contributed by atoms with van der Waals surface area (Å²) in [5.74, 6) is 0. The van der Waals surface area contributed by atoms with Gasteiger partial charge in [-0.1, -0.05) is 60.2 Å². The zero-order chi connectivity index (χ0) is 28.9. The third-order valence-electron chi connectivity index (χ3n) is 7.33. The molecule has 0 bridgehead atoms. The molecule has 0 spiro atoms. The number of aryl methyl sites for hydroxylation is 3. The number of hydrogen-bond donors (Lipinski definition) is 0. The van der Waals surface area contributed by atoms with Crippen LogP contribution in [-0.2, 0) is 27.2 Å². The molecule has 0 amide bonds. The smallest absolute Gasteiger partial charge is 0.0488 e. The monoisotopic (exact) mass is 734 g/mol. The maximum Gasteiger partial charge on any atom is 0.0488 e. The summed E-state index contributed by atoms with van der Waals surface area (Å²) >= 11 is 0. The van der Waals surface area contributed by atoms with Crippen molar-refractivity contribution >= 4 is 10.9 Å². The average molecular weight is 734 g/mol. The van der Waals surface area contributed by atoms with Crippen molar-refractivity contribution in [2.24, 2.45) is 7.05 Å². The molecule has 1 radical (unpaired) electrons. The summed E-state index contributed by atoms with van der Waals surface area (Å²) in [4.78, 5) is 8.83. The van der Waals surface area contributed by atoms with Crippen LogP contribution in [0.25, 0.3) is 55.8 Å². The molecule has 0 saturated heterocycles. The zero-order valence-electron chi connectivity index (χ0n) is 24.4. The predicted molar refractivity (Wildman–Crippen MR) is 174 cm³/mol. The van der Waals surface area contributed by atoms with Crippen molar-refractivity contribution in [1.29, 1.82) is 0 Å². The van der Waals surface area contributed by atoms with Gasteiger partial charge < -0.3 is 14.5 Å². The summed E-state index contributed by atoms with van der Waals surface area (Å²) in [6, 6.07) is 48.3. The summed E-state index contributed by atoms with van der Waals surface area (Å²) in [6.45, 7) is 4.12. The van der Waals surface area contributed by atoms with E-state index in [-0.39, 0.29) is 20.1 Å². The first-order chi connectivity index (χ1) is 20.5. The minimum absolute atomic E-state index is 0. The van der Waals surface area contributed by atoms with E-state index in [1.165, 1.54) is 44.4 Å². The molecule has 3 heterocycles. The second-order valence-corrected chi connectivity index (χ2v) is 10.4. The van der Waals surface area contributed by atoms with E-state index >= 15 is 0 Å². The van der Waals surface area contributed by atoms with Gasteiger partial charge in [0.2, 0.25) is 0 Å². The summed E-state index contributed by atoms with van der Waals surface area (Å²) in [6.07, 6.45) is 3.72. The van der Waals surface area contributed by atoms with Crippen LogP contribution >= 0.6 is 0 Å². The molecule has 43 heavy (non-hydrogen) atoms. The summed E-state index contributed by atoms with van der Waals surface area (Å²) in [5.41, 5.74) is 12.4. The quantitative estimate of drug-likeness (QED) is 0.169. The van der Waals surface area contributed by atoms with Crippen LogP contribution in [0.2, 0.25) is 0 Å². The van der Waals surface area contributed by atoms with E-state index < -0.39 is 0 Å². The van der Waals surface area contributed by atoms with Gasteiger partial charge in [-0.2, -0.15) is 0 Å². The molecule has 7 aromatic rings. The number of rotatable bonds is 4. The van der Waals surface area contributed by atoms with Crippen LogP contribution in [0.5, 0.6) is 0 Å². The van der Waals surface area contributed by atoms with Crippen molar-refractivity contribution in [3.05, 3.63) is 157 Å². The van der Waals surface area contributed by atoms with Crippen molar-refractivity contribution in [3.8, 4) is 44.9 Å². The van der Waals surface area contributed by atoms with Gasteiger partial charge in [0.1, 0.15) is 0 Å². The predicted octanol–water partition coefficient (Wildman–Crippen LogP) is 9.54. The Morgan fingerprint density at radius 2 is 1.37 bits per heavy atom. The second-order valence-electron chi connectivity index (χ2n) is 10.4. The zero-order valence-corrected chi connectivity index (χ0v) is 26.8. The van der Waals surface area contributed by atoms with E-state index in [9.17, 15) is 0 Å². The van der Waals surface area contributed by atoms with Crippen LogP contribution in [0.1, 0.15) is 11.1 Å². The molecule has 0 aliphatic rings. The van der Waals surface area contributed by atoms with Gasteiger partial charge in [0, 0.05) is 56.1 Å². The van der Waals surface area contributed by atoms with Crippen LogP contribution in [0.4, 0.5) is 0 Å². The molecular formula is C39H31IrN3-2. The summed E-state index contributed by atoms with van der Waals surface area (Å²) in [7, 11) is 2.13. The van der Waals surface area contributed by atoms with Gasteiger partial charge in [-0.05, 0) is 66.2 Å². The van der Waals surface area contributed by atoms with Crippen molar-refractivity contribution < 1.29 is 20.1 Å². The second kappa shape index (κ2) is 13.6. The van der Waals surface area contributed by atoms with Gasteiger partial charge in [0.05, 0.1) is 0 Å². The molecule has 0 unspecified atom stereocenters. The van der Waals surface area contributed by atoms with Crippen LogP contribution in [0, 0.1) is 26.0 Å². The molecule has 0 saturated carbocycles. The van der Waals surface area contributed by atoms with Gasteiger partial charge >= 0.3 is 0 Å². The Kier molecular flexibility index (Phi) is 9.41. The molecule has 7 rings (SSSR count). The van der Waals surface area contributed by atoms with Crippen LogP contribution < -0.4 is 0 Å². The van der Waals surface area contributed by atoms with E-state index in [2.05, 4.69) is 120 Å². The van der Waals surface area contributed by atoms with E-state index in [0.29, 0.717) is 0 Å². The largest absolute Gasteiger partial charge is 0.344 e. The molecule has 0 N–H and O–H groups in total. The van der Waals surface area contributed by atoms with Gasteiger partial charge in [-0.15, -0.1) is 71.3 Å². The molecule has 3 nitrogen and oxygen atoms in total. The third kappa shape index (κ3) is 6.89. The molecule has 0 atom stereocenters. The first-order valence-electron chi connectivity index (χ1n) is 14.0. The van der Waals surface area contributed by atoms with Crippen molar-refractivity contribution in [1.82, 2.24) is 14.5 Å². The average Bonchev–Trinajstić information content (AvgIpc) is 3.38. The van der Waals surface area contributed by atoms with E-state index in [0.717, 1.165) is 22.5 Å². The Hall–Kier alpha value is -4.63. The summed E-state index contributed by atoms with van der Waals surface area (Å²) in [5, 5.41) is 1.24. The molecule has 0 fully saturated rings. The van der Waals surface area contributed by atoms with Gasteiger partial charge in [0.15, 0.2) is 0 Å². The number of hydrogen-bond acceptors (Lipinski definition) is 2. The number of aromatic nitrogens is 3. The third-order valence-corrected chi connectivity index (χ3v) is 7.33. The number of benzene rings is 4. The van der Waals surface area contributed by atoms with Crippen molar-refractivity contribution in [2.45, 2.75) is 13.8 Å². The number of fused-ring (bicyclic) bond motifs is 1. The number of nitrogens with zero attached hydrogens (tertiary/aromatic N) is 3. The van der Waals surface area contributed by atoms with E-state index in [1.807, 2.05) is 61.8 Å². The fraction of sp³-hybridized carbons (Fsp3) is 0.0769. The maximum atomic E-state index is 4.51. The topological polar surface area (TPSA) is 30.7 Å². The normalized spacial score (nSPS) is 10.5. The first-order valence-corrected chi connectivity index (χ1v) is 14.0. The molecule has 213 valence electrons. The number of pyridine rings is 2. The Morgan fingerprint density at radius 3 is 2.12 bits per heavy atom. The van der Waals surface area contributed by atoms with Gasteiger partial charge in [-0.25, -0.2) is 0 Å². The standard InChI is InChI=1S/C27H21N2.C12H10N.Ir/c1-19-13-14-28-25(15-19)23-10-6-9-21(16-23)22-11-12-26-24(17-22)18-27(29(26)2)20-7-4-3-5-8-20;1-10-7-8-12(13-9-10)11-5-3-2-4-6-11;/h3-9,11-18H,1-2H3;2-5,7-9H,1H3;/q2*-1;. The molecule has 3 aromatic heterocycles. The SMILES string of the molecule is Cc1ccc(-c2[c-]cccc2)nc1.Cc1ccnc(-c2[c-]ccc(-c3ccc4c(c3)cc(-c3ccccc3)n4C)c2)c1.[Ir]. The van der Waals surface area contributed by atoms with Crippen molar-refractivity contribution in [3.63, 3.8) is 0 Å². The summed E-state index contributed by atoms with van der Waals surface area (Å²) < 4.78 is 2.26. The van der Waals surface area contributed by atoms with Gasteiger partial charge in [-0.3, -0.25) is 0 Å².